The van der Waals surface area contributed by atoms with Crippen molar-refractivity contribution in [3.8, 4) is 0 Å². The number of nitrogens with one attached hydrogen (secondary N) is 2. The number of fused-ring (bicyclic) bond motifs is 2. The smallest absolute Gasteiger partial charge is 0.312 e. The zero-order valence-electron chi connectivity index (χ0n) is 13.1. The monoisotopic (exact) mass is 331 g/mol. The van der Waals surface area contributed by atoms with Crippen LogP contribution in [0.15, 0.2) is 18.2 Å². The van der Waals surface area contributed by atoms with E-state index in [9.17, 15) is 18.8 Å². The normalized spacial score (nSPS) is 26.7. The van der Waals surface area contributed by atoms with Crippen LogP contribution in [0, 0.1) is 11.7 Å². The predicted molar refractivity (Wildman–Crippen MR) is 83.7 cm³/mol. The molecule has 0 radical (unpaired) electrons. The van der Waals surface area contributed by atoms with E-state index in [1.807, 2.05) is 0 Å². The first kappa shape index (κ1) is 15.1. The summed E-state index contributed by atoms with van der Waals surface area (Å²) in [5.41, 5.74) is -1.11. The average Bonchev–Trinajstić information content (AvgIpc) is 2.98. The van der Waals surface area contributed by atoms with Gasteiger partial charge in [0.05, 0.1) is 5.69 Å². The molecule has 3 aliphatic rings. The van der Waals surface area contributed by atoms with Gasteiger partial charge in [-0.15, -0.1) is 0 Å². The van der Waals surface area contributed by atoms with Gasteiger partial charge in [0.2, 0.25) is 5.54 Å². The minimum Gasteiger partial charge on any atom is -0.312 e. The summed E-state index contributed by atoms with van der Waals surface area (Å²) in [6.45, 7) is 0.488. The summed E-state index contributed by atoms with van der Waals surface area (Å²) in [5.74, 6) is -1.43. The number of carbonyl (C=O) groups excluding carboxylic acids is 3. The van der Waals surface area contributed by atoms with Crippen molar-refractivity contribution < 1.29 is 18.8 Å². The van der Waals surface area contributed by atoms with E-state index in [-0.39, 0.29) is 5.56 Å². The third-order valence-corrected chi connectivity index (χ3v) is 5.25. The maximum Gasteiger partial charge on any atom is 0.323 e. The molecule has 1 unspecified atom stereocenters. The second-order valence-electron chi connectivity index (χ2n) is 6.74. The van der Waals surface area contributed by atoms with Crippen LogP contribution in [0.3, 0.4) is 0 Å². The first-order valence-electron chi connectivity index (χ1n) is 8.28. The third-order valence-electron chi connectivity index (χ3n) is 5.25. The summed E-state index contributed by atoms with van der Waals surface area (Å²) in [6.07, 6.45) is 5.53. The van der Waals surface area contributed by atoms with Gasteiger partial charge in [-0.3, -0.25) is 14.9 Å². The van der Waals surface area contributed by atoms with Crippen LogP contribution in [0.5, 0.6) is 0 Å². The fraction of sp³-hybridized carbons (Fsp3) is 0.471. The highest BCUT2D eigenvalue weighted by Crippen LogP contribution is 2.43. The van der Waals surface area contributed by atoms with Gasteiger partial charge in [0.1, 0.15) is 5.82 Å². The molecular weight excluding hydrogens is 313 g/mol. The van der Waals surface area contributed by atoms with Crippen LogP contribution in [0.4, 0.5) is 14.9 Å². The van der Waals surface area contributed by atoms with E-state index in [4.69, 9.17) is 0 Å². The largest absolute Gasteiger partial charge is 0.323 e. The number of imide groups is 1. The highest BCUT2D eigenvalue weighted by molar-refractivity contribution is 6.27. The Morgan fingerprint density at radius 3 is 2.58 bits per heavy atom. The first-order valence-corrected chi connectivity index (χ1v) is 8.28. The molecule has 2 aliphatic heterocycles. The third kappa shape index (κ3) is 2.03. The molecule has 2 heterocycles. The number of halogens is 1. The van der Waals surface area contributed by atoms with Crippen LogP contribution >= 0.6 is 0 Å². The lowest BCUT2D eigenvalue weighted by atomic mass is 9.89. The van der Waals surface area contributed by atoms with Gasteiger partial charge in [0.15, 0.2) is 0 Å². The second-order valence-corrected chi connectivity index (χ2v) is 6.74. The molecule has 1 spiro atoms. The Kier molecular flexibility index (Phi) is 3.33. The van der Waals surface area contributed by atoms with Gasteiger partial charge in [0.25, 0.3) is 11.8 Å². The number of hydrogen-bond acceptors (Lipinski definition) is 3. The summed E-state index contributed by atoms with van der Waals surface area (Å²) in [5, 5.41) is 4.53. The molecule has 0 bridgehead atoms. The molecule has 6 nitrogen and oxygen atoms in total. The minimum absolute atomic E-state index is 0.214. The van der Waals surface area contributed by atoms with Crippen molar-refractivity contribution in [3.05, 3.63) is 29.6 Å². The zero-order chi connectivity index (χ0) is 16.9. The Morgan fingerprint density at radius 1 is 1.17 bits per heavy atom. The molecule has 4 amide bonds. The van der Waals surface area contributed by atoms with Crippen LogP contribution in [-0.2, 0) is 15.1 Å². The molecule has 24 heavy (non-hydrogen) atoms. The standard InChI is InChI=1S/C17H18FN3O3/c18-11-6-7-13-12(8-11)17(14(22)19-16(24)20-17)15(23)21(13)9-10-4-2-1-3-5-10/h6-8,10H,1-5,9H2,(H2,19,20,22,24). The lowest BCUT2D eigenvalue weighted by Gasteiger charge is -2.28. The van der Waals surface area contributed by atoms with Gasteiger partial charge < -0.3 is 10.2 Å². The topological polar surface area (TPSA) is 78.5 Å². The van der Waals surface area contributed by atoms with E-state index in [1.165, 1.54) is 29.5 Å². The average molecular weight is 331 g/mol. The van der Waals surface area contributed by atoms with Gasteiger partial charge in [-0.1, -0.05) is 19.3 Å². The molecule has 1 atom stereocenters. The molecule has 1 aromatic carbocycles. The maximum absolute atomic E-state index is 13.8. The number of hydrogen-bond donors (Lipinski definition) is 2. The van der Waals surface area contributed by atoms with Gasteiger partial charge in [-0.2, -0.15) is 0 Å². The van der Waals surface area contributed by atoms with Crippen LogP contribution in [0.2, 0.25) is 0 Å². The molecule has 126 valence electrons. The van der Waals surface area contributed by atoms with Gasteiger partial charge in [-0.05, 0) is 37.0 Å². The van der Waals surface area contributed by atoms with Crippen LogP contribution in [0.25, 0.3) is 0 Å². The minimum atomic E-state index is -1.83. The van der Waals surface area contributed by atoms with Crippen molar-refractivity contribution in [2.24, 2.45) is 5.92 Å². The fourth-order valence-corrected chi connectivity index (χ4v) is 4.08. The van der Waals surface area contributed by atoms with E-state index < -0.39 is 29.2 Å². The number of nitrogens with zero attached hydrogens (tertiary/aromatic N) is 1. The predicted octanol–water partition coefficient (Wildman–Crippen LogP) is 1.79. The summed E-state index contributed by atoms with van der Waals surface area (Å²) >= 11 is 0. The Balaban J connectivity index is 1.76. The molecule has 1 saturated heterocycles. The lowest BCUT2D eigenvalue weighted by molar-refractivity contribution is -0.134. The Morgan fingerprint density at radius 2 is 1.92 bits per heavy atom. The number of amides is 4. The van der Waals surface area contributed by atoms with Crippen molar-refractivity contribution in [2.45, 2.75) is 37.6 Å². The van der Waals surface area contributed by atoms with Crippen molar-refractivity contribution >= 4 is 23.5 Å². The maximum atomic E-state index is 13.8. The molecule has 7 heteroatoms. The summed E-state index contributed by atoms with van der Waals surface area (Å²) < 4.78 is 13.8. The van der Waals surface area contributed by atoms with Crippen molar-refractivity contribution in [1.82, 2.24) is 10.6 Å². The Hall–Kier alpha value is -2.44. The quantitative estimate of drug-likeness (QED) is 0.640. The number of carbonyl (C=O) groups is 3. The number of rotatable bonds is 2. The van der Waals surface area contributed by atoms with Gasteiger partial charge in [0, 0.05) is 12.1 Å². The summed E-state index contributed by atoms with van der Waals surface area (Å²) in [6, 6.07) is 3.22. The molecular formula is C17H18FN3O3. The fourth-order valence-electron chi connectivity index (χ4n) is 4.08. The molecule has 0 aromatic heterocycles. The molecule has 2 N–H and O–H groups in total. The van der Waals surface area contributed by atoms with Crippen LogP contribution in [0.1, 0.15) is 37.7 Å². The lowest BCUT2D eigenvalue weighted by Crippen LogP contribution is -2.53. The second kappa shape index (κ2) is 5.29. The first-order chi connectivity index (χ1) is 11.5. The van der Waals surface area contributed by atoms with E-state index in [1.54, 1.807) is 0 Å². The van der Waals surface area contributed by atoms with E-state index in [2.05, 4.69) is 10.6 Å². The number of urea groups is 1. The molecule has 2 fully saturated rings. The summed E-state index contributed by atoms with van der Waals surface area (Å²) in [7, 11) is 0. The van der Waals surface area contributed by atoms with E-state index in [0.717, 1.165) is 25.7 Å². The molecule has 1 aromatic rings. The molecule has 4 rings (SSSR count). The van der Waals surface area contributed by atoms with Crippen LogP contribution < -0.4 is 15.5 Å². The van der Waals surface area contributed by atoms with E-state index in [0.29, 0.717) is 18.2 Å². The van der Waals surface area contributed by atoms with Crippen molar-refractivity contribution in [2.75, 3.05) is 11.4 Å². The van der Waals surface area contributed by atoms with Crippen molar-refractivity contribution in [1.29, 1.82) is 0 Å². The molecule has 1 saturated carbocycles. The Labute approximate surface area is 138 Å². The van der Waals surface area contributed by atoms with Gasteiger partial charge >= 0.3 is 6.03 Å². The van der Waals surface area contributed by atoms with Crippen molar-refractivity contribution in [3.63, 3.8) is 0 Å². The van der Waals surface area contributed by atoms with Gasteiger partial charge in [-0.25, -0.2) is 9.18 Å². The van der Waals surface area contributed by atoms with E-state index >= 15 is 0 Å². The Bertz CT molecular complexity index is 745. The number of anilines is 1. The van der Waals surface area contributed by atoms with Crippen LogP contribution in [-0.4, -0.2) is 24.4 Å². The SMILES string of the molecule is O=C1NC(=O)C2(N1)C(=O)N(CC1CCCCC1)c1ccc(F)cc12. The summed E-state index contributed by atoms with van der Waals surface area (Å²) in [4.78, 5) is 38.6. The highest BCUT2D eigenvalue weighted by Gasteiger charge is 2.61. The highest BCUT2D eigenvalue weighted by atomic mass is 19.1. The molecule has 1 aliphatic carbocycles. The zero-order valence-corrected chi connectivity index (χ0v) is 13.1. The number of benzene rings is 1.